The van der Waals surface area contributed by atoms with E-state index in [4.69, 9.17) is 0 Å². The number of aromatic nitrogens is 4. The van der Waals surface area contributed by atoms with Crippen LogP contribution in [0.15, 0.2) is 41.3 Å². The maximum Gasteiger partial charge on any atom is 0.471 e. The smallest absolute Gasteiger partial charge is 0.342 e. The largest absolute Gasteiger partial charge is 0.471 e. The van der Waals surface area contributed by atoms with E-state index >= 15 is 0 Å². The first-order valence-electron chi connectivity index (χ1n) is 9.22. The Balaban J connectivity index is 1.44. The van der Waals surface area contributed by atoms with Crippen LogP contribution in [0.25, 0.3) is 17.1 Å². The summed E-state index contributed by atoms with van der Waals surface area (Å²) in [7, 11) is 0. The van der Waals surface area contributed by atoms with Gasteiger partial charge in [-0.1, -0.05) is 5.16 Å². The number of piperidine rings is 1. The van der Waals surface area contributed by atoms with Gasteiger partial charge in [0.2, 0.25) is 11.7 Å². The Bertz CT molecular complexity index is 988. The molecule has 0 bridgehead atoms. The minimum absolute atomic E-state index is 0.0721. The number of alkyl halides is 3. The van der Waals surface area contributed by atoms with Crippen LogP contribution >= 0.6 is 0 Å². The van der Waals surface area contributed by atoms with Crippen LogP contribution < -0.4 is 0 Å². The lowest BCUT2D eigenvalue weighted by Crippen LogP contribution is -2.36. The van der Waals surface area contributed by atoms with Gasteiger partial charge in [-0.3, -0.25) is 4.79 Å². The molecule has 1 fully saturated rings. The number of halogens is 3. The standard InChI is InChI=1S/C19H18F3N5O2/c20-19(21,22)18-24-17(25-29-18)13-4-6-15(7-5-13)27-11-14(23-12-27)10-16(28)26-8-2-1-3-9-26/h4-7,11-12H,1-3,8-10H2. The van der Waals surface area contributed by atoms with E-state index in [1.165, 1.54) is 0 Å². The molecule has 0 N–H and O–H groups in total. The molecule has 3 heterocycles. The van der Waals surface area contributed by atoms with E-state index in [-0.39, 0.29) is 18.2 Å². The second-order valence-corrected chi connectivity index (χ2v) is 6.86. The van der Waals surface area contributed by atoms with E-state index in [1.807, 2.05) is 4.90 Å². The molecule has 1 aliphatic rings. The van der Waals surface area contributed by atoms with Gasteiger partial charge in [-0.25, -0.2) is 4.98 Å². The summed E-state index contributed by atoms with van der Waals surface area (Å²) in [6, 6.07) is 6.60. The molecule has 2 aromatic heterocycles. The van der Waals surface area contributed by atoms with Gasteiger partial charge in [-0.05, 0) is 43.5 Å². The van der Waals surface area contributed by atoms with Crippen LogP contribution in [0.3, 0.4) is 0 Å². The molecule has 29 heavy (non-hydrogen) atoms. The van der Waals surface area contributed by atoms with E-state index < -0.39 is 12.1 Å². The highest BCUT2D eigenvalue weighted by Gasteiger charge is 2.38. The topological polar surface area (TPSA) is 77.0 Å². The number of imidazole rings is 1. The predicted octanol–water partition coefficient (Wildman–Crippen LogP) is 3.50. The van der Waals surface area contributed by atoms with Gasteiger partial charge in [0.15, 0.2) is 0 Å². The lowest BCUT2D eigenvalue weighted by molar-refractivity contribution is -0.159. The molecule has 3 aromatic rings. The SMILES string of the molecule is O=C(Cc1cn(-c2ccc(-c3noc(C(F)(F)F)n3)cc2)cn1)N1CCCCC1. The normalized spacial score (nSPS) is 14.9. The molecule has 10 heteroatoms. The minimum Gasteiger partial charge on any atom is -0.342 e. The number of carbonyl (C=O) groups excluding carboxylic acids is 1. The van der Waals surface area contributed by atoms with E-state index in [9.17, 15) is 18.0 Å². The van der Waals surface area contributed by atoms with Crippen LogP contribution in [0, 0.1) is 0 Å². The molecular weight excluding hydrogens is 387 g/mol. The van der Waals surface area contributed by atoms with Crippen LogP contribution in [-0.4, -0.2) is 43.6 Å². The van der Waals surface area contributed by atoms with Crippen molar-refractivity contribution in [1.29, 1.82) is 0 Å². The molecule has 1 aromatic carbocycles. The first-order chi connectivity index (χ1) is 13.9. The maximum atomic E-state index is 12.6. The fourth-order valence-electron chi connectivity index (χ4n) is 3.24. The van der Waals surface area contributed by atoms with E-state index in [0.29, 0.717) is 11.3 Å². The molecule has 1 saturated heterocycles. The minimum atomic E-state index is -4.68. The van der Waals surface area contributed by atoms with Gasteiger partial charge in [-0.2, -0.15) is 18.2 Å². The summed E-state index contributed by atoms with van der Waals surface area (Å²) >= 11 is 0. The lowest BCUT2D eigenvalue weighted by Gasteiger charge is -2.26. The molecular formula is C19H18F3N5O2. The van der Waals surface area contributed by atoms with Gasteiger partial charge < -0.3 is 14.0 Å². The predicted molar refractivity (Wildman–Crippen MR) is 96.0 cm³/mol. The van der Waals surface area contributed by atoms with Crippen LogP contribution in [0.5, 0.6) is 0 Å². The third-order valence-electron chi connectivity index (χ3n) is 4.77. The van der Waals surface area contributed by atoms with Gasteiger partial charge >= 0.3 is 12.1 Å². The summed E-state index contributed by atoms with van der Waals surface area (Å²) in [5.41, 5.74) is 1.81. The summed E-state index contributed by atoms with van der Waals surface area (Å²) in [6.07, 6.45) is 2.18. The van der Waals surface area contributed by atoms with Crippen molar-refractivity contribution >= 4 is 5.91 Å². The van der Waals surface area contributed by atoms with Gasteiger partial charge in [0.25, 0.3) is 0 Å². The fraction of sp³-hybridized carbons (Fsp3) is 0.368. The summed E-state index contributed by atoms with van der Waals surface area (Å²) in [5, 5.41) is 3.37. The van der Waals surface area contributed by atoms with Crippen LogP contribution in [0.4, 0.5) is 13.2 Å². The summed E-state index contributed by atoms with van der Waals surface area (Å²) < 4.78 is 43.7. The monoisotopic (exact) mass is 405 g/mol. The van der Waals surface area contributed by atoms with Crippen molar-refractivity contribution in [2.45, 2.75) is 31.9 Å². The third kappa shape index (κ3) is 4.30. The number of carbonyl (C=O) groups is 1. The quantitative estimate of drug-likeness (QED) is 0.664. The van der Waals surface area contributed by atoms with Crippen LogP contribution in [-0.2, 0) is 17.4 Å². The highest BCUT2D eigenvalue weighted by molar-refractivity contribution is 5.78. The average Bonchev–Trinajstić information content (AvgIpc) is 3.38. The first kappa shape index (κ1) is 19.2. The fourth-order valence-corrected chi connectivity index (χ4v) is 3.24. The van der Waals surface area contributed by atoms with E-state index in [2.05, 4.69) is 19.6 Å². The molecule has 4 rings (SSSR count). The molecule has 152 valence electrons. The second kappa shape index (κ2) is 7.69. The van der Waals surface area contributed by atoms with Gasteiger partial charge in [0, 0.05) is 30.5 Å². The van der Waals surface area contributed by atoms with E-state index in [1.54, 1.807) is 41.4 Å². The first-order valence-corrected chi connectivity index (χ1v) is 9.22. The van der Waals surface area contributed by atoms with Crippen molar-refractivity contribution in [1.82, 2.24) is 24.6 Å². The molecule has 0 aliphatic carbocycles. The number of benzene rings is 1. The van der Waals surface area contributed by atoms with Gasteiger partial charge in [-0.15, -0.1) is 0 Å². The number of hydrogen-bond acceptors (Lipinski definition) is 5. The van der Waals surface area contributed by atoms with Crippen LogP contribution in [0.2, 0.25) is 0 Å². The Labute approximate surface area is 164 Å². The zero-order valence-corrected chi connectivity index (χ0v) is 15.4. The number of amides is 1. The molecule has 0 spiro atoms. The van der Waals surface area contributed by atoms with Crippen molar-refractivity contribution < 1.29 is 22.5 Å². The highest BCUT2D eigenvalue weighted by Crippen LogP contribution is 2.29. The number of hydrogen-bond donors (Lipinski definition) is 0. The Hall–Kier alpha value is -3.17. The molecule has 0 atom stereocenters. The summed E-state index contributed by atoms with van der Waals surface area (Å²) in [4.78, 5) is 21.9. The summed E-state index contributed by atoms with van der Waals surface area (Å²) in [5.74, 6) is -1.45. The van der Waals surface area contributed by atoms with E-state index in [0.717, 1.165) is 38.0 Å². The lowest BCUT2D eigenvalue weighted by atomic mass is 10.1. The van der Waals surface area contributed by atoms with Crippen molar-refractivity contribution in [3.05, 3.63) is 48.4 Å². The Morgan fingerprint density at radius 1 is 1.10 bits per heavy atom. The Kier molecular flexibility index (Phi) is 5.08. The van der Waals surface area contributed by atoms with Gasteiger partial charge in [0.05, 0.1) is 18.4 Å². The third-order valence-corrected chi connectivity index (χ3v) is 4.77. The molecule has 0 radical (unpaired) electrons. The van der Waals surface area contributed by atoms with Crippen molar-refractivity contribution in [3.8, 4) is 17.1 Å². The molecule has 0 unspecified atom stereocenters. The van der Waals surface area contributed by atoms with Crippen molar-refractivity contribution in [2.24, 2.45) is 0 Å². The number of rotatable bonds is 4. The van der Waals surface area contributed by atoms with Crippen LogP contribution in [0.1, 0.15) is 30.8 Å². The number of nitrogens with zero attached hydrogens (tertiary/aromatic N) is 5. The van der Waals surface area contributed by atoms with Crippen molar-refractivity contribution in [2.75, 3.05) is 13.1 Å². The molecule has 1 amide bonds. The van der Waals surface area contributed by atoms with Gasteiger partial charge in [0.1, 0.15) is 0 Å². The highest BCUT2D eigenvalue weighted by atomic mass is 19.4. The average molecular weight is 405 g/mol. The zero-order valence-electron chi connectivity index (χ0n) is 15.4. The number of likely N-dealkylation sites (tertiary alicyclic amines) is 1. The zero-order chi connectivity index (χ0) is 20.4. The molecule has 7 nitrogen and oxygen atoms in total. The maximum absolute atomic E-state index is 12.6. The summed E-state index contributed by atoms with van der Waals surface area (Å²) in [6.45, 7) is 1.60. The molecule has 0 saturated carbocycles. The Morgan fingerprint density at radius 3 is 2.48 bits per heavy atom. The molecule has 1 aliphatic heterocycles. The van der Waals surface area contributed by atoms with Crippen molar-refractivity contribution in [3.63, 3.8) is 0 Å². The Morgan fingerprint density at radius 2 is 1.83 bits per heavy atom. The second-order valence-electron chi connectivity index (χ2n) is 6.86.